The van der Waals surface area contributed by atoms with Crippen LogP contribution < -0.4 is 5.48 Å². The van der Waals surface area contributed by atoms with E-state index in [4.69, 9.17) is 9.94 Å². The highest BCUT2D eigenvalue weighted by molar-refractivity contribution is 7.13. The van der Waals surface area contributed by atoms with E-state index in [1.807, 2.05) is 0 Å². The third-order valence-electron chi connectivity index (χ3n) is 1.64. The normalized spacial score (nSPS) is 10.9. The number of nitrogens with one attached hydrogen (secondary N) is 1. The van der Waals surface area contributed by atoms with Crippen LogP contribution in [0.25, 0.3) is 0 Å². The van der Waals surface area contributed by atoms with Gasteiger partial charge in [0.1, 0.15) is 4.88 Å². The van der Waals surface area contributed by atoms with E-state index in [1.54, 1.807) is 12.1 Å². The predicted octanol–water partition coefficient (Wildman–Crippen LogP) is 2.12. The van der Waals surface area contributed by atoms with Crippen LogP contribution in [-0.2, 0) is 11.4 Å². The van der Waals surface area contributed by atoms with Gasteiger partial charge in [0.2, 0.25) is 0 Å². The molecule has 0 aliphatic rings. The molecule has 1 heterocycles. The minimum atomic E-state index is -0.880. The summed E-state index contributed by atoms with van der Waals surface area (Å²) in [7, 11) is 0. The van der Waals surface area contributed by atoms with Gasteiger partial charge in [0, 0.05) is 4.88 Å². The molecule has 5 heteroatoms. The molecular weight excluding hydrogens is 214 g/mol. The first kappa shape index (κ1) is 12.2. The lowest BCUT2D eigenvalue weighted by molar-refractivity contribution is 0.0201. The van der Waals surface area contributed by atoms with Crippen LogP contribution in [0.1, 0.15) is 28.4 Å². The standard InChI is InChI=1S/C10H15NO3S/c1-7(2)6-14-11-5-8-3-4-9(15-8)10(12)13/h3-4,7,11H,5-6H2,1-2H3,(H,12,13). The van der Waals surface area contributed by atoms with Crippen molar-refractivity contribution in [3.8, 4) is 0 Å². The number of hydrogen-bond donors (Lipinski definition) is 2. The van der Waals surface area contributed by atoms with E-state index < -0.39 is 5.97 Å². The fourth-order valence-electron chi connectivity index (χ4n) is 0.936. The van der Waals surface area contributed by atoms with Gasteiger partial charge in [-0.1, -0.05) is 13.8 Å². The fraction of sp³-hybridized carbons (Fsp3) is 0.500. The molecule has 0 unspecified atom stereocenters. The number of hydrogen-bond acceptors (Lipinski definition) is 4. The van der Waals surface area contributed by atoms with E-state index in [2.05, 4.69) is 19.3 Å². The van der Waals surface area contributed by atoms with Crippen molar-refractivity contribution in [3.05, 3.63) is 21.9 Å². The third kappa shape index (κ3) is 4.42. The van der Waals surface area contributed by atoms with Crippen LogP contribution in [0.15, 0.2) is 12.1 Å². The lowest BCUT2D eigenvalue weighted by Crippen LogP contribution is -2.16. The maximum atomic E-state index is 10.6. The largest absolute Gasteiger partial charge is 0.477 e. The number of rotatable bonds is 6. The molecule has 15 heavy (non-hydrogen) atoms. The van der Waals surface area contributed by atoms with Crippen LogP contribution in [0.3, 0.4) is 0 Å². The summed E-state index contributed by atoms with van der Waals surface area (Å²) in [5.41, 5.74) is 2.80. The number of carbonyl (C=O) groups is 1. The molecule has 4 nitrogen and oxygen atoms in total. The Labute approximate surface area is 92.8 Å². The Morgan fingerprint density at radius 2 is 2.33 bits per heavy atom. The SMILES string of the molecule is CC(C)CONCc1ccc(C(=O)O)s1. The van der Waals surface area contributed by atoms with Gasteiger partial charge in [-0.25, -0.2) is 4.79 Å². The van der Waals surface area contributed by atoms with Crippen molar-refractivity contribution in [1.82, 2.24) is 5.48 Å². The van der Waals surface area contributed by atoms with Crippen LogP contribution in [0.2, 0.25) is 0 Å². The highest BCUT2D eigenvalue weighted by Crippen LogP contribution is 2.15. The van der Waals surface area contributed by atoms with Crippen LogP contribution in [-0.4, -0.2) is 17.7 Å². The van der Waals surface area contributed by atoms with Crippen molar-refractivity contribution in [3.63, 3.8) is 0 Å². The Morgan fingerprint density at radius 3 is 2.87 bits per heavy atom. The van der Waals surface area contributed by atoms with Crippen LogP contribution in [0.5, 0.6) is 0 Å². The summed E-state index contributed by atoms with van der Waals surface area (Å²) in [6, 6.07) is 3.40. The van der Waals surface area contributed by atoms with Crippen LogP contribution >= 0.6 is 11.3 Å². The summed E-state index contributed by atoms with van der Waals surface area (Å²) in [6.07, 6.45) is 0. The van der Waals surface area contributed by atoms with E-state index in [0.717, 1.165) is 4.88 Å². The first-order valence-electron chi connectivity index (χ1n) is 4.76. The Kier molecular flexibility index (Phi) is 4.74. The van der Waals surface area contributed by atoms with Gasteiger partial charge in [-0.2, -0.15) is 5.48 Å². The van der Waals surface area contributed by atoms with Crippen molar-refractivity contribution >= 4 is 17.3 Å². The summed E-state index contributed by atoms with van der Waals surface area (Å²) < 4.78 is 0. The Morgan fingerprint density at radius 1 is 1.60 bits per heavy atom. The van der Waals surface area contributed by atoms with Gasteiger partial charge in [0.05, 0.1) is 13.2 Å². The fourth-order valence-corrected chi connectivity index (χ4v) is 1.71. The van der Waals surface area contributed by atoms with E-state index in [-0.39, 0.29) is 0 Å². The molecule has 0 atom stereocenters. The average Bonchev–Trinajstić information content (AvgIpc) is 2.60. The molecule has 1 aromatic rings. The third-order valence-corrected chi connectivity index (χ3v) is 2.71. The van der Waals surface area contributed by atoms with Gasteiger partial charge in [0.15, 0.2) is 0 Å². The number of carboxylic acids is 1. The second kappa shape index (κ2) is 5.85. The predicted molar refractivity (Wildman–Crippen MR) is 58.9 cm³/mol. The molecule has 1 rings (SSSR count). The lowest BCUT2D eigenvalue weighted by atomic mass is 10.2. The number of hydroxylamine groups is 1. The first-order chi connectivity index (χ1) is 7.09. The van der Waals surface area contributed by atoms with Crippen LogP contribution in [0, 0.1) is 5.92 Å². The molecule has 0 radical (unpaired) electrons. The van der Waals surface area contributed by atoms with Crippen molar-refractivity contribution in [2.24, 2.45) is 5.92 Å². The molecule has 0 saturated carbocycles. The lowest BCUT2D eigenvalue weighted by Gasteiger charge is -2.06. The van der Waals surface area contributed by atoms with Gasteiger partial charge in [-0.05, 0) is 18.1 Å². The summed E-state index contributed by atoms with van der Waals surface area (Å²) in [6.45, 7) is 5.33. The summed E-state index contributed by atoms with van der Waals surface area (Å²) in [5, 5.41) is 8.70. The Bertz CT molecular complexity index is 322. The van der Waals surface area contributed by atoms with Gasteiger partial charge < -0.3 is 9.94 Å². The zero-order valence-electron chi connectivity index (χ0n) is 8.82. The molecular formula is C10H15NO3S. The minimum absolute atomic E-state index is 0.357. The van der Waals surface area contributed by atoms with Crippen molar-refractivity contribution in [1.29, 1.82) is 0 Å². The zero-order valence-corrected chi connectivity index (χ0v) is 9.63. The molecule has 0 spiro atoms. The second-order valence-corrected chi connectivity index (χ2v) is 4.77. The topological polar surface area (TPSA) is 58.6 Å². The summed E-state index contributed by atoms with van der Waals surface area (Å²) in [4.78, 5) is 17.1. The molecule has 2 N–H and O–H groups in total. The molecule has 0 aliphatic heterocycles. The van der Waals surface area contributed by atoms with Crippen LogP contribution in [0.4, 0.5) is 0 Å². The maximum absolute atomic E-state index is 10.6. The number of thiophene rings is 1. The molecule has 1 aromatic heterocycles. The number of carboxylic acid groups (broad SMARTS) is 1. The van der Waals surface area contributed by atoms with Crippen molar-refractivity contribution in [2.75, 3.05) is 6.61 Å². The van der Waals surface area contributed by atoms with E-state index >= 15 is 0 Å². The Hall–Kier alpha value is -0.910. The average molecular weight is 229 g/mol. The van der Waals surface area contributed by atoms with Gasteiger partial charge in [0.25, 0.3) is 0 Å². The highest BCUT2D eigenvalue weighted by Gasteiger charge is 2.06. The van der Waals surface area contributed by atoms with E-state index in [9.17, 15) is 4.79 Å². The minimum Gasteiger partial charge on any atom is -0.477 e. The van der Waals surface area contributed by atoms with Gasteiger partial charge in [-0.3, -0.25) is 0 Å². The quantitative estimate of drug-likeness (QED) is 0.579. The summed E-state index contributed by atoms with van der Waals surface area (Å²) >= 11 is 1.26. The number of aromatic carboxylic acids is 1. The molecule has 0 aliphatic carbocycles. The monoisotopic (exact) mass is 229 g/mol. The molecule has 0 saturated heterocycles. The van der Waals surface area contributed by atoms with Crippen molar-refractivity contribution in [2.45, 2.75) is 20.4 Å². The molecule has 0 aromatic carbocycles. The molecule has 0 fully saturated rings. The molecule has 0 bridgehead atoms. The second-order valence-electron chi connectivity index (χ2n) is 3.60. The molecule has 0 amide bonds. The Balaban J connectivity index is 2.29. The van der Waals surface area contributed by atoms with E-state index in [0.29, 0.717) is 23.9 Å². The van der Waals surface area contributed by atoms with Gasteiger partial charge >= 0.3 is 5.97 Å². The van der Waals surface area contributed by atoms with Crippen molar-refractivity contribution < 1.29 is 14.7 Å². The van der Waals surface area contributed by atoms with Gasteiger partial charge in [-0.15, -0.1) is 11.3 Å². The smallest absolute Gasteiger partial charge is 0.345 e. The first-order valence-corrected chi connectivity index (χ1v) is 5.58. The molecule has 84 valence electrons. The summed E-state index contributed by atoms with van der Waals surface area (Å²) in [5.74, 6) is -0.398. The highest BCUT2D eigenvalue weighted by atomic mass is 32.1. The zero-order chi connectivity index (χ0) is 11.3. The van der Waals surface area contributed by atoms with E-state index in [1.165, 1.54) is 11.3 Å². The maximum Gasteiger partial charge on any atom is 0.345 e.